The molecule has 14 heteroatoms. The smallest absolute Gasteiger partial charge is 0.490 e. The zero-order valence-electron chi connectivity index (χ0n) is 24.6. The Balaban J connectivity index is 0.000000591. The van der Waals surface area contributed by atoms with Gasteiger partial charge in [-0.05, 0) is 60.4 Å². The molecule has 240 valence electrons. The summed E-state index contributed by atoms with van der Waals surface area (Å²) in [5.41, 5.74) is 5.67. The lowest BCUT2D eigenvalue weighted by Crippen LogP contribution is -2.31. The van der Waals surface area contributed by atoms with Gasteiger partial charge in [0.15, 0.2) is 5.82 Å². The fraction of sp³-hybridized carbons (Fsp3) is 0.290. The zero-order chi connectivity index (χ0) is 32.6. The van der Waals surface area contributed by atoms with Gasteiger partial charge < -0.3 is 15.2 Å². The van der Waals surface area contributed by atoms with E-state index in [1.165, 1.54) is 21.2 Å². The molecular formula is C31H33F3N4O5S2. The van der Waals surface area contributed by atoms with Gasteiger partial charge in [-0.15, -0.1) is 11.3 Å². The minimum absolute atomic E-state index is 0.175. The van der Waals surface area contributed by atoms with Crippen molar-refractivity contribution in [3.63, 3.8) is 0 Å². The molecule has 2 N–H and O–H groups in total. The zero-order valence-corrected chi connectivity index (χ0v) is 26.2. The van der Waals surface area contributed by atoms with Crippen molar-refractivity contribution in [2.75, 3.05) is 29.8 Å². The number of methoxy groups -OCH3 is 1. The molecule has 2 heterocycles. The number of carbonyl (C=O) groups is 1. The number of thiazole rings is 1. The van der Waals surface area contributed by atoms with Crippen LogP contribution in [-0.2, 0) is 27.9 Å². The van der Waals surface area contributed by atoms with E-state index in [-0.39, 0.29) is 11.4 Å². The topological polar surface area (TPSA) is 112 Å². The van der Waals surface area contributed by atoms with Crippen LogP contribution in [0, 0.1) is 6.92 Å². The Morgan fingerprint density at radius 2 is 1.80 bits per heavy atom. The maximum absolute atomic E-state index is 13.8. The number of nitrogens with one attached hydrogen (secondary N) is 1. The number of aryl methyl sites for hydroxylation is 1. The van der Waals surface area contributed by atoms with Gasteiger partial charge in [0.1, 0.15) is 5.75 Å². The molecule has 1 atom stereocenters. The van der Waals surface area contributed by atoms with E-state index in [1.54, 1.807) is 30.1 Å². The van der Waals surface area contributed by atoms with E-state index in [0.29, 0.717) is 11.9 Å². The van der Waals surface area contributed by atoms with E-state index in [0.717, 1.165) is 48.6 Å². The Morgan fingerprint density at radius 3 is 2.38 bits per heavy atom. The number of carboxylic acid groups (broad SMARTS) is 1. The number of hydrogen-bond donors (Lipinski definition) is 2. The molecule has 9 nitrogen and oxygen atoms in total. The average molecular weight is 663 g/mol. The third-order valence-electron chi connectivity index (χ3n) is 7.07. The highest BCUT2D eigenvalue weighted by Crippen LogP contribution is 2.29. The minimum atomic E-state index is -5.08. The Kier molecular flexibility index (Phi) is 11.1. The number of anilines is 2. The van der Waals surface area contributed by atoms with Crippen LogP contribution < -0.4 is 14.4 Å². The van der Waals surface area contributed by atoms with Crippen molar-refractivity contribution in [1.29, 1.82) is 0 Å². The molecule has 0 amide bonds. The molecule has 1 fully saturated rings. The van der Waals surface area contributed by atoms with E-state index in [4.69, 9.17) is 14.6 Å². The van der Waals surface area contributed by atoms with E-state index in [9.17, 15) is 21.6 Å². The second-order valence-electron chi connectivity index (χ2n) is 10.3. The molecule has 0 unspecified atom stereocenters. The predicted molar refractivity (Wildman–Crippen MR) is 167 cm³/mol. The summed E-state index contributed by atoms with van der Waals surface area (Å²) in [6.07, 6.45) is -4.04. The molecule has 1 aliphatic heterocycles. The van der Waals surface area contributed by atoms with Crippen molar-refractivity contribution in [3.8, 4) is 5.75 Å². The van der Waals surface area contributed by atoms with Crippen molar-refractivity contribution < 1.29 is 36.2 Å². The maximum Gasteiger partial charge on any atom is 0.490 e. The van der Waals surface area contributed by atoms with Crippen LogP contribution in [0.25, 0.3) is 0 Å². The summed E-state index contributed by atoms with van der Waals surface area (Å²) in [7, 11) is -2.23. The van der Waals surface area contributed by atoms with Gasteiger partial charge in [-0.3, -0.25) is 4.90 Å². The molecular weight excluding hydrogens is 629 g/mol. The van der Waals surface area contributed by atoms with Crippen LogP contribution in [0.15, 0.2) is 88.6 Å². The first kappa shape index (κ1) is 33.7. The first-order valence-electron chi connectivity index (χ1n) is 13.8. The summed E-state index contributed by atoms with van der Waals surface area (Å²) >= 11 is 1.37. The first-order chi connectivity index (χ1) is 21.4. The summed E-state index contributed by atoms with van der Waals surface area (Å²) in [4.78, 5) is 15.9. The van der Waals surface area contributed by atoms with Gasteiger partial charge in [0.25, 0.3) is 10.0 Å². The monoisotopic (exact) mass is 662 g/mol. The van der Waals surface area contributed by atoms with Gasteiger partial charge >= 0.3 is 12.1 Å². The summed E-state index contributed by atoms with van der Waals surface area (Å²) in [5.74, 6) is -1.62. The van der Waals surface area contributed by atoms with Crippen molar-refractivity contribution in [2.45, 2.75) is 43.5 Å². The Bertz CT molecular complexity index is 1650. The van der Waals surface area contributed by atoms with E-state index < -0.39 is 22.2 Å². The summed E-state index contributed by atoms with van der Waals surface area (Å²) in [6, 6.07) is 23.6. The van der Waals surface area contributed by atoms with Gasteiger partial charge in [0.05, 0.1) is 24.1 Å². The second-order valence-corrected chi connectivity index (χ2v) is 12.9. The number of sulfonamides is 1. The minimum Gasteiger partial charge on any atom is -0.497 e. The van der Waals surface area contributed by atoms with Crippen molar-refractivity contribution >= 4 is 38.8 Å². The molecule has 5 rings (SSSR count). The highest BCUT2D eigenvalue weighted by molar-refractivity contribution is 7.92. The van der Waals surface area contributed by atoms with Gasteiger partial charge in [-0.1, -0.05) is 42.5 Å². The first-order valence-corrected chi connectivity index (χ1v) is 16.2. The third kappa shape index (κ3) is 9.19. The van der Waals surface area contributed by atoms with Gasteiger partial charge in [0, 0.05) is 36.7 Å². The highest BCUT2D eigenvalue weighted by atomic mass is 32.2. The van der Waals surface area contributed by atoms with Crippen LogP contribution in [0.2, 0.25) is 0 Å². The summed E-state index contributed by atoms with van der Waals surface area (Å²) in [5, 5.41) is 12.5. The van der Waals surface area contributed by atoms with Crippen molar-refractivity contribution in [3.05, 3.63) is 100 Å². The number of rotatable bonds is 10. The molecule has 3 aromatic carbocycles. The lowest BCUT2D eigenvalue weighted by Gasteiger charge is -2.23. The number of likely N-dealkylation sites (tertiary alicyclic amines) is 1. The third-order valence-corrected chi connectivity index (χ3v) is 9.39. The van der Waals surface area contributed by atoms with Crippen LogP contribution in [0.5, 0.6) is 5.75 Å². The number of nitrogens with zero attached hydrogens (tertiary/aromatic N) is 3. The number of benzene rings is 3. The molecule has 0 aliphatic carbocycles. The van der Waals surface area contributed by atoms with Crippen LogP contribution in [0.3, 0.4) is 0 Å². The van der Waals surface area contributed by atoms with Gasteiger partial charge in [-0.2, -0.15) is 13.2 Å². The van der Waals surface area contributed by atoms with Crippen LogP contribution >= 0.6 is 11.3 Å². The number of halogens is 3. The molecule has 1 aliphatic rings. The highest BCUT2D eigenvalue weighted by Gasteiger charge is 2.38. The van der Waals surface area contributed by atoms with Gasteiger partial charge in [0.2, 0.25) is 0 Å². The molecule has 1 saturated heterocycles. The number of carboxylic acids is 1. The fourth-order valence-electron chi connectivity index (χ4n) is 4.76. The SMILES string of the molecule is COc1ccc(CN(c2cscn2)S(=O)(=O)c2ccc(N[C@H]3CCN(Cc4ccccc4)C3)c(C)c2)cc1.O=C(O)C(F)(F)F. The largest absolute Gasteiger partial charge is 0.497 e. The number of hydrogen-bond acceptors (Lipinski definition) is 8. The maximum atomic E-state index is 13.8. The molecule has 45 heavy (non-hydrogen) atoms. The van der Waals surface area contributed by atoms with E-state index >= 15 is 0 Å². The number of aromatic nitrogens is 1. The molecule has 0 bridgehead atoms. The molecule has 0 radical (unpaired) electrons. The average Bonchev–Trinajstić information content (AvgIpc) is 3.70. The Morgan fingerprint density at radius 1 is 1.11 bits per heavy atom. The Hall–Kier alpha value is -4.14. The van der Waals surface area contributed by atoms with Crippen molar-refractivity contribution in [2.24, 2.45) is 0 Å². The lowest BCUT2D eigenvalue weighted by atomic mass is 10.1. The molecule has 1 aromatic heterocycles. The fourth-order valence-corrected chi connectivity index (χ4v) is 6.85. The normalized spacial score (nSPS) is 15.2. The van der Waals surface area contributed by atoms with Crippen LogP contribution in [0.4, 0.5) is 24.7 Å². The summed E-state index contributed by atoms with van der Waals surface area (Å²) < 4.78 is 66.0. The predicted octanol–water partition coefficient (Wildman–Crippen LogP) is 6.18. The second kappa shape index (κ2) is 14.8. The van der Waals surface area contributed by atoms with Crippen LogP contribution in [-0.4, -0.2) is 61.8 Å². The molecule has 4 aromatic rings. The number of ether oxygens (including phenoxy) is 1. The number of aliphatic carboxylic acids is 1. The standard InChI is InChI=1S/C29H32N4O3S2.C2HF3O2/c1-22-16-27(12-13-28(22)31-25-14-15-32(19-25)17-23-6-4-3-5-7-23)38(34,35)33(29-20-37-21-30-29)18-24-8-10-26(36-2)11-9-24;3-2(4,5)1(6)7/h3-13,16,20-21,25,31H,14-15,17-19H2,1-2H3;(H,6,7)/t25-;/m0./s1. The van der Waals surface area contributed by atoms with E-state index in [2.05, 4.69) is 39.5 Å². The van der Waals surface area contributed by atoms with Crippen LogP contribution in [0.1, 0.15) is 23.1 Å². The van der Waals surface area contributed by atoms with Gasteiger partial charge in [-0.25, -0.2) is 22.5 Å². The summed E-state index contributed by atoms with van der Waals surface area (Å²) in [6.45, 7) is 5.05. The Labute approximate surface area is 264 Å². The molecule has 0 spiro atoms. The van der Waals surface area contributed by atoms with Crippen molar-refractivity contribution in [1.82, 2.24) is 9.88 Å². The number of alkyl halides is 3. The quantitative estimate of drug-likeness (QED) is 0.207. The lowest BCUT2D eigenvalue weighted by molar-refractivity contribution is -0.192. The van der Waals surface area contributed by atoms with E-state index in [1.807, 2.05) is 43.3 Å². The molecule has 0 saturated carbocycles.